The summed E-state index contributed by atoms with van der Waals surface area (Å²) in [4.78, 5) is 5.38. The monoisotopic (exact) mass is 250 g/mol. The molecule has 2 heterocycles. The summed E-state index contributed by atoms with van der Waals surface area (Å²) in [5.41, 5.74) is 3.08. The van der Waals surface area contributed by atoms with Crippen LogP contribution < -0.4 is 5.32 Å². The average molecular weight is 250 g/mol. The highest BCUT2D eigenvalue weighted by Crippen LogP contribution is 2.24. The van der Waals surface area contributed by atoms with Crippen LogP contribution >= 0.6 is 11.3 Å². The highest BCUT2D eigenvalue weighted by Gasteiger charge is 2.16. The van der Waals surface area contributed by atoms with Gasteiger partial charge in [0.05, 0.1) is 17.7 Å². The number of nitrogens with one attached hydrogen (secondary N) is 1. The third kappa shape index (κ3) is 2.92. The minimum Gasteiger partial charge on any atom is -0.306 e. The van der Waals surface area contributed by atoms with Crippen LogP contribution in [0.25, 0.3) is 0 Å². The molecule has 0 saturated heterocycles. The Bertz CT molecular complexity index is 435. The van der Waals surface area contributed by atoms with Crippen molar-refractivity contribution in [1.29, 1.82) is 0 Å². The first-order valence-electron chi connectivity index (χ1n) is 5.99. The molecule has 1 unspecified atom stereocenters. The molecule has 1 atom stereocenters. The lowest BCUT2D eigenvalue weighted by Gasteiger charge is -2.13. The van der Waals surface area contributed by atoms with Crippen LogP contribution in [-0.4, -0.2) is 21.3 Å². The highest BCUT2D eigenvalue weighted by atomic mass is 32.1. The van der Waals surface area contributed by atoms with E-state index in [4.69, 9.17) is 0 Å². The zero-order chi connectivity index (χ0) is 12.1. The Morgan fingerprint density at radius 2 is 2.29 bits per heavy atom. The lowest BCUT2D eigenvalue weighted by atomic mass is 10.1. The van der Waals surface area contributed by atoms with Crippen LogP contribution in [0.4, 0.5) is 0 Å². The van der Waals surface area contributed by atoms with Crippen LogP contribution in [0.15, 0.2) is 24.1 Å². The van der Waals surface area contributed by atoms with Crippen LogP contribution in [0.2, 0.25) is 0 Å². The van der Waals surface area contributed by atoms with E-state index >= 15 is 0 Å². The van der Waals surface area contributed by atoms with Gasteiger partial charge in [-0.05, 0) is 13.0 Å². The molecule has 0 amide bonds. The SMILES string of the molecule is CCCn1cc(C(NCC)c2cncs2)cn1. The molecule has 4 nitrogen and oxygen atoms in total. The lowest BCUT2D eigenvalue weighted by Crippen LogP contribution is -2.20. The molecule has 0 radical (unpaired) electrons. The molecular formula is C12H18N4S. The number of aryl methyl sites for hydroxylation is 1. The Morgan fingerprint density at radius 3 is 2.94 bits per heavy atom. The molecule has 0 aliphatic rings. The molecule has 2 aromatic rings. The van der Waals surface area contributed by atoms with E-state index in [2.05, 4.69) is 35.4 Å². The summed E-state index contributed by atoms with van der Waals surface area (Å²) in [6, 6.07) is 0.220. The second-order valence-corrected chi connectivity index (χ2v) is 4.85. The molecule has 0 aromatic carbocycles. The number of nitrogens with zero attached hydrogens (tertiary/aromatic N) is 3. The fourth-order valence-corrected chi connectivity index (χ4v) is 2.56. The average Bonchev–Trinajstić information content (AvgIpc) is 2.97. The summed E-state index contributed by atoms with van der Waals surface area (Å²) in [7, 11) is 0. The molecule has 92 valence electrons. The molecule has 2 rings (SSSR count). The number of thiazole rings is 1. The quantitative estimate of drug-likeness (QED) is 0.856. The number of hydrogen-bond donors (Lipinski definition) is 1. The predicted octanol–water partition coefficient (Wildman–Crippen LogP) is 2.45. The van der Waals surface area contributed by atoms with Crippen molar-refractivity contribution in [3.05, 3.63) is 34.5 Å². The van der Waals surface area contributed by atoms with Gasteiger partial charge in [-0.2, -0.15) is 5.10 Å². The van der Waals surface area contributed by atoms with Gasteiger partial charge in [0.25, 0.3) is 0 Å². The van der Waals surface area contributed by atoms with Gasteiger partial charge in [0.15, 0.2) is 0 Å². The molecule has 17 heavy (non-hydrogen) atoms. The van der Waals surface area contributed by atoms with Gasteiger partial charge in [-0.3, -0.25) is 9.67 Å². The van der Waals surface area contributed by atoms with Gasteiger partial charge in [0, 0.05) is 29.4 Å². The molecule has 0 bridgehead atoms. The van der Waals surface area contributed by atoms with Gasteiger partial charge >= 0.3 is 0 Å². The molecule has 0 aliphatic heterocycles. The van der Waals surface area contributed by atoms with Crippen LogP contribution in [0.1, 0.15) is 36.8 Å². The summed E-state index contributed by atoms with van der Waals surface area (Å²) < 4.78 is 2.00. The predicted molar refractivity (Wildman–Crippen MR) is 70.2 cm³/mol. The molecule has 0 spiro atoms. The Kier molecular flexibility index (Phi) is 4.28. The van der Waals surface area contributed by atoms with E-state index in [1.54, 1.807) is 11.3 Å². The van der Waals surface area contributed by atoms with Crippen molar-refractivity contribution in [2.24, 2.45) is 0 Å². The number of rotatable bonds is 6. The topological polar surface area (TPSA) is 42.7 Å². The van der Waals surface area contributed by atoms with Gasteiger partial charge in [0.2, 0.25) is 0 Å². The van der Waals surface area contributed by atoms with E-state index in [0.29, 0.717) is 0 Å². The van der Waals surface area contributed by atoms with Crippen LogP contribution in [0, 0.1) is 0 Å². The maximum atomic E-state index is 4.38. The molecule has 0 aliphatic carbocycles. The van der Waals surface area contributed by atoms with Crippen molar-refractivity contribution in [2.75, 3.05) is 6.54 Å². The lowest BCUT2D eigenvalue weighted by molar-refractivity contribution is 0.598. The van der Waals surface area contributed by atoms with Gasteiger partial charge in [-0.1, -0.05) is 13.8 Å². The summed E-state index contributed by atoms with van der Waals surface area (Å²) in [6.45, 7) is 6.18. The van der Waals surface area contributed by atoms with Crippen LogP contribution in [-0.2, 0) is 6.54 Å². The molecule has 0 fully saturated rings. The van der Waals surface area contributed by atoms with Crippen molar-refractivity contribution in [1.82, 2.24) is 20.1 Å². The minimum absolute atomic E-state index is 0.220. The van der Waals surface area contributed by atoms with E-state index in [1.165, 1.54) is 10.4 Å². The maximum Gasteiger partial charge on any atom is 0.0794 e. The Balaban J connectivity index is 2.20. The number of hydrogen-bond acceptors (Lipinski definition) is 4. The number of aromatic nitrogens is 3. The standard InChI is InChI=1S/C12H18N4S/c1-3-5-16-8-10(6-15-16)12(14-4-2)11-7-13-9-17-11/h6-9,12,14H,3-5H2,1-2H3. The summed E-state index contributed by atoms with van der Waals surface area (Å²) in [6.07, 6.45) is 7.10. The van der Waals surface area contributed by atoms with Crippen molar-refractivity contribution in [2.45, 2.75) is 32.9 Å². The van der Waals surface area contributed by atoms with Crippen molar-refractivity contribution >= 4 is 11.3 Å². The first-order chi connectivity index (χ1) is 8.35. The molecule has 5 heteroatoms. The third-order valence-electron chi connectivity index (χ3n) is 2.58. The second-order valence-electron chi connectivity index (χ2n) is 3.93. The largest absolute Gasteiger partial charge is 0.306 e. The maximum absolute atomic E-state index is 4.38. The van der Waals surface area contributed by atoms with Gasteiger partial charge in [-0.25, -0.2) is 0 Å². The zero-order valence-electron chi connectivity index (χ0n) is 10.3. The van der Waals surface area contributed by atoms with Crippen molar-refractivity contribution in [3.8, 4) is 0 Å². The zero-order valence-corrected chi connectivity index (χ0v) is 11.1. The van der Waals surface area contributed by atoms with Crippen molar-refractivity contribution in [3.63, 3.8) is 0 Å². The minimum atomic E-state index is 0.220. The van der Waals surface area contributed by atoms with Crippen LogP contribution in [0.5, 0.6) is 0 Å². The van der Waals surface area contributed by atoms with Gasteiger partial charge < -0.3 is 5.32 Å². The normalized spacial score (nSPS) is 12.8. The second kappa shape index (κ2) is 5.93. The Morgan fingerprint density at radius 1 is 1.41 bits per heavy atom. The van der Waals surface area contributed by atoms with E-state index < -0.39 is 0 Å². The molecule has 0 saturated carbocycles. The Labute approximate surface area is 106 Å². The van der Waals surface area contributed by atoms with Crippen molar-refractivity contribution < 1.29 is 0 Å². The molecular weight excluding hydrogens is 232 g/mol. The smallest absolute Gasteiger partial charge is 0.0794 e. The van der Waals surface area contributed by atoms with E-state index in [9.17, 15) is 0 Å². The van der Waals surface area contributed by atoms with Crippen LogP contribution in [0.3, 0.4) is 0 Å². The molecule has 2 aromatic heterocycles. The Hall–Kier alpha value is -1.20. The summed E-state index contributed by atoms with van der Waals surface area (Å²) >= 11 is 1.68. The highest BCUT2D eigenvalue weighted by molar-refractivity contribution is 7.09. The van der Waals surface area contributed by atoms with E-state index in [0.717, 1.165) is 19.5 Å². The van der Waals surface area contributed by atoms with E-state index in [1.807, 2.05) is 22.6 Å². The van der Waals surface area contributed by atoms with Gasteiger partial charge in [-0.15, -0.1) is 11.3 Å². The van der Waals surface area contributed by atoms with E-state index in [-0.39, 0.29) is 6.04 Å². The van der Waals surface area contributed by atoms with Gasteiger partial charge in [0.1, 0.15) is 0 Å². The fraction of sp³-hybridized carbons (Fsp3) is 0.500. The first kappa shape index (κ1) is 12.3. The third-order valence-corrected chi connectivity index (χ3v) is 3.42. The summed E-state index contributed by atoms with van der Waals surface area (Å²) in [5, 5.41) is 7.85. The first-order valence-corrected chi connectivity index (χ1v) is 6.87. The molecule has 1 N–H and O–H groups in total. The summed E-state index contributed by atoms with van der Waals surface area (Å²) in [5.74, 6) is 0. The fourth-order valence-electron chi connectivity index (χ4n) is 1.84.